The van der Waals surface area contributed by atoms with Gasteiger partial charge in [-0.15, -0.1) is 0 Å². The molecule has 53 heavy (non-hydrogen) atoms. The smallest absolute Gasteiger partial charge is 0.0540 e. The Morgan fingerprint density at radius 2 is 0.585 bits per heavy atom. The van der Waals surface area contributed by atoms with Crippen LogP contribution in [0.15, 0.2) is 212 Å². The van der Waals surface area contributed by atoms with Crippen molar-refractivity contribution >= 4 is 55.7 Å². The molecule has 9 aromatic rings. The molecule has 0 bridgehead atoms. The lowest BCUT2D eigenvalue weighted by molar-refractivity contribution is 1.29. The van der Waals surface area contributed by atoms with E-state index in [4.69, 9.17) is 0 Å². The van der Waals surface area contributed by atoms with Crippen molar-refractivity contribution < 1.29 is 0 Å². The van der Waals surface area contributed by atoms with Crippen molar-refractivity contribution in [1.82, 2.24) is 0 Å². The van der Waals surface area contributed by atoms with Gasteiger partial charge in [0, 0.05) is 33.5 Å². The van der Waals surface area contributed by atoms with E-state index in [-0.39, 0.29) is 0 Å². The van der Waals surface area contributed by atoms with Crippen molar-refractivity contribution in [2.75, 3.05) is 9.80 Å². The SMILES string of the molecule is Cc1ccc(N(c2ccc(-c3ccc(-c4ccc(N(c5ccccc5)c5cccc6ccccc56)cc4)cc3)cc2)c2cccc3ccccc23)cc1. The quantitative estimate of drug-likeness (QED) is 0.158. The Balaban J connectivity index is 1.00. The number of nitrogens with zero attached hydrogens (tertiary/aromatic N) is 2. The maximum Gasteiger partial charge on any atom is 0.0540 e. The van der Waals surface area contributed by atoms with Gasteiger partial charge in [-0.25, -0.2) is 0 Å². The van der Waals surface area contributed by atoms with Crippen LogP contribution in [-0.2, 0) is 0 Å². The molecule has 0 atom stereocenters. The summed E-state index contributed by atoms with van der Waals surface area (Å²) in [6.07, 6.45) is 0. The van der Waals surface area contributed by atoms with Crippen LogP contribution in [0.5, 0.6) is 0 Å². The molecule has 0 amide bonds. The highest BCUT2D eigenvalue weighted by atomic mass is 15.1. The van der Waals surface area contributed by atoms with Crippen LogP contribution in [0.4, 0.5) is 34.1 Å². The molecule has 0 aliphatic carbocycles. The number of hydrogen-bond acceptors (Lipinski definition) is 2. The zero-order valence-electron chi connectivity index (χ0n) is 29.6. The number of benzene rings is 9. The van der Waals surface area contributed by atoms with Crippen LogP contribution in [0.25, 0.3) is 43.8 Å². The van der Waals surface area contributed by atoms with E-state index < -0.39 is 0 Å². The maximum absolute atomic E-state index is 2.36. The molecule has 0 saturated carbocycles. The monoisotopic (exact) mass is 678 g/mol. The molecule has 0 saturated heterocycles. The van der Waals surface area contributed by atoms with Crippen molar-refractivity contribution in [3.63, 3.8) is 0 Å². The van der Waals surface area contributed by atoms with Gasteiger partial charge in [-0.1, -0.05) is 157 Å². The summed E-state index contributed by atoms with van der Waals surface area (Å²) in [5, 5.41) is 4.91. The first-order valence-corrected chi connectivity index (χ1v) is 18.2. The van der Waals surface area contributed by atoms with Crippen LogP contribution in [0, 0.1) is 6.92 Å². The average molecular weight is 679 g/mol. The third kappa shape index (κ3) is 6.32. The molecule has 0 unspecified atom stereocenters. The molecular formula is C51H38N2. The van der Waals surface area contributed by atoms with Crippen molar-refractivity contribution in [1.29, 1.82) is 0 Å². The first-order chi connectivity index (χ1) is 26.2. The molecule has 0 aliphatic heterocycles. The molecule has 0 spiro atoms. The van der Waals surface area contributed by atoms with E-state index >= 15 is 0 Å². The third-order valence-electron chi connectivity index (χ3n) is 10.1. The fourth-order valence-corrected chi connectivity index (χ4v) is 7.39. The van der Waals surface area contributed by atoms with Crippen LogP contribution in [0.3, 0.4) is 0 Å². The summed E-state index contributed by atoms with van der Waals surface area (Å²) in [7, 11) is 0. The van der Waals surface area contributed by atoms with Gasteiger partial charge in [-0.05, 0) is 101 Å². The van der Waals surface area contributed by atoms with Crippen LogP contribution in [0.2, 0.25) is 0 Å². The van der Waals surface area contributed by atoms with Gasteiger partial charge in [0.15, 0.2) is 0 Å². The van der Waals surface area contributed by atoms with Gasteiger partial charge in [0.05, 0.1) is 11.4 Å². The van der Waals surface area contributed by atoms with Gasteiger partial charge < -0.3 is 9.80 Å². The lowest BCUT2D eigenvalue weighted by Crippen LogP contribution is -2.10. The van der Waals surface area contributed by atoms with Gasteiger partial charge in [0.2, 0.25) is 0 Å². The minimum absolute atomic E-state index is 1.12. The molecule has 9 rings (SSSR count). The Bertz CT molecular complexity index is 2630. The summed E-state index contributed by atoms with van der Waals surface area (Å²) in [4.78, 5) is 4.70. The summed E-state index contributed by atoms with van der Waals surface area (Å²) < 4.78 is 0. The highest BCUT2D eigenvalue weighted by Gasteiger charge is 2.17. The molecular weight excluding hydrogens is 641 g/mol. The highest BCUT2D eigenvalue weighted by Crippen LogP contribution is 2.41. The summed E-state index contributed by atoms with van der Waals surface area (Å²) in [6, 6.07) is 76.4. The Morgan fingerprint density at radius 1 is 0.264 bits per heavy atom. The second-order valence-corrected chi connectivity index (χ2v) is 13.5. The highest BCUT2D eigenvalue weighted by molar-refractivity contribution is 6.00. The van der Waals surface area contributed by atoms with Crippen molar-refractivity contribution in [3.05, 3.63) is 218 Å². The van der Waals surface area contributed by atoms with E-state index in [2.05, 4.69) is 229 Å². The van der Waals surface area contributed by atoms with E-state index in [0.29, 0.717) is 0 Å². The van der Waals surface area contributed by atoms with E-state index in [9.17, 15) is 0 Å². The van der Waals surface area contributed by atoms with Crippen LogP contribution < -0.4 is 9.80 Å². The normalized spacial score (nSPS) is 11.1. The zero-order valence-corrected chi connectivity index (χ0v) is 29.6. The van der Waals surface area contributed by atoms with E-state index in [1.807, 2.05) is 0 Å². The largest absolute Gasteiger partial charge is 0.310 e. The molecule has 0 fully saturated rings. The maximum atomic E-state index is 2.36. The number of fused-ring (bicyclic) bond motifs is 2. The summed E-state index contributed by atoms with van der Waals surface area (Å²) in [6.45, 7) is 2.13. The van der Waals surface area contributed by atoms with Crippen molar-refractivity contribution in [2.24, 2.45) is 0 Å². The molecule has 0 radical (unpaired) electrons. The first-order valence-electron chi connectivity index (χ1n) is 18.2. The first kappa shape index (κ1) is 32.0. The fourth-order valence-electron chi connectivity index (χ4n) is 7.39. The lowest BCUT2D eigenvalue weighted by atomic mass is 9.99. The Hall–Kier alpha value is -6.90. The fraction of sp³-hybridized carbons (Fsp3) is 0.0196. The standard InChI is InChI=1S/C51H38N2/c1-37-21-31-45(32-22-37)53(51-20-10-14-43-12-6-8-18-49(43)51)47-35-29-41(30-36-47)39-25-23-38(24-26-39)40-27-33-46(34-28-40)52(44-15-3-2-4-16-44)50-19-9-13-42-11-5-7-17-48(42)50/h2-36H,1H3. The Kier molecular flexibility index (Phi) is 8.47. The summed E-state index contributed by atoms with van der Waals surface area (Å²) in [5.41, 5.74) is 12.8. The van der Waals surface area contributed by atoms with Crippen LogP contribution >= 0.6 is 0 Å². The van der Waals surface area contributed by atoms with Gasteiger partial charge >= 0.3 is 0 Å². The molecule has 0 N–H and O–H groups in total. The van der Waals surface area contributed by atoms with E-state index in [1.165, 1.54) is 55.0 Å². The number of aryl methyl sites for hydroxylation is 1. The summed E-state index contributed by atoms with van der Waals surface area (Å²) in [5.74, 6) is 0. The minimum atomic E-state index is 1.12. The Labute approximate surface area is 311 Å². The molecule has 9 aromatic carbocycles. The predicted octanol–water partition coefficient (Wildman–Crippen LogP) is 14.6. The van der Waals surface area contributed by atoms with E-state index in [1.54, 1.807) is 0 Å². The predicted molar refractivity (Wildman–Crippen MR) is 226 cm³/mol. The van der Waals surface area contributed by atoms with Crippen molar-refractivity contribution in [3.8, 4) is 22.3 Å². The second kappa shape index (κ2) is 14.0. The van der Waals surface area contributed by atoms with Crippen LogP contribution in [0.1, 0.15) is 5.56 Å². The van der Waals surface area contributed by atoms with Gasteiger partial charge in [-0.2, -0.15) is 0 Å². The topological polar surface area (TPSA) is 6.48 Å². The molecule has 2 nitrogen and oxygen atoms in total. The number of rotatable bonds is 8. The van der Waals surface area contributed by atoms with Crippen molar-refractivity contribution in [2.45, 2.75) is 6.92 Å². The second-order valence-electron chi connectivity index (χ2n) is 13.5. The number of hydrogen-bond donors (Lipinski definition) is 0. The van der Waals surface area contributed by atoms with Gasteiger partial charge in [0.1, 0.15) is 0 Å². The molecule has 0 aromatic heterocycles. The van der Waals surface area contributed by atoms with Crippen LogP contribution in [-0.4, -0.2) is 0 Å². The average Bonchev–Trinajstić information content (AvgIpc) is 3.23. The number of para-hydroxylation sites is 1. The van der Waals surface area contributed by atoms with E-state index in [0.717, 1.165) is 28.4 Å². The molecule has 0 aliphatic rings. The molecule has 252 valence electrons. The summed E-state index contributed by atoms with van der Waals surface area (Å²) >= 11 is 0. The third-order valence-corrected chi connectivity index (χ3v) is 10.1. The minimum Gasteiger partial charge on any atom is -0.310 e. The number of anilines is 6. The Morgan fingerprint density at radius 3 is 1.02 bits per heavy atom. The molecule has 2 heteroatoms. The van der Waals surface area contributed by atoms with Gasteiger partial charge in [0.25, 0.3) is 0 Å². The zero-order chi connectivity index (χ0) is 35.6. The molecule has 0 heterocycles. The van der Waals surface area contributed by atoms with Gasteiger partial charge in [-0.3, -0.25) is 0 Å². The lowest BCUT2D eigenvalue weighted by Gasteiger charge is -2.27.